The molecule has 3 heterocycles. The smallest absolute Gasteiger partial charge is 0.275 e. The number of benzene rings is 1. The first-order chi connectivity index (χ1) is 14.0. The minimum absolute atomic E-state index is 0.143. The van der Waals surface area contributed by atoms with Crippen LogP contribution in [0.25, 0.3) is 22.3 Å². The number of nitrogens with one attached hydrogen (secondary N) is 1. The SMILES string of the molecule is Cc1cccc(-c2nc(C(C)C)no2)c1NC(=O)c1csc(-c2ncccn2)n1. The van der Waals surface area contributed by atoms with Crippen molar-refractivity contribution in [1.29, 1.82) is 0 Å². The lowest BCUT2D eigenvalue weighted by Gasteiger charge is -2.10. The van der Waals surface area contributed by atoms with Crippen molar-refractivity contribution in [3.63, 3.8) is 0 Å². The van der Waals surface area contributed by atoms with Gasteiger partial charge in [-0.05, 0) is 24.6 Å². The zero-order valence-corrected chi connectivity index (χ0v) is 16.9. The topological polar surface area (TPSA) is 107 Å². The van der Waals surface area contributed by atoms with Crippen LogP contribution in [0.1, 0.15) is 41.6 Å². The van der Waals surface area contributed by atoms with Gasteiger partial charge in [-0.25, -0.2) is 15.0 Å². The van der Waals surface area contributed by atoms with Crippen LogP contribution in [0.4, 0.5) is 5.69 Å². The van der Waals surface area contributed by atoms with E-state index >= 15 is 0 Å². The standard InChI is InChI=1S/C20H18N6O2S/c1-11(2)16-25-19(28-26-16)13-7-4-6-12(3)15(13)24-18(27)14-10-29-20(23-14)17-21-8-5-9-22-17/h4-11H,1-3H3,(H,24,27). The van der Waals surface area contributed by atoms with Gasteiger partial charge in [-0.15, -0.1) is 11.3 Å². The van der Waals surface area contributed by atoms with Gasteiger partial charge >= 0.3 is 0 Å². The Kier molecular flexibility index (Phi) is 5.13. The van der Waals surface area contributed by atoms with Gasteiger partial charge in [-0.2, -0.15) is 4.98 Å². The first-order valence-electron chi connectivity index (χ1n) is 9.01. The monoisotopic (exact) mass is 406 g/mol. The summed E-state index contributed by atoms with van der Waals surface area (Å²) in [5.41, 5.74) is 2.45. The molecule has 0 unspecified atom stereocenters. The summed E-state index contributed by atoms with van der Waals surface area (Å²) in [5, 5.41) is 9.21. The van der Waals surface area contributed by atoms with Gasteiger partial charge in [-0.3, -0.25) is 4.79 Å². The number of hydrogen-bond acceptors (Lipinski definition) is 8. The Balaban J connectivity index is 1.63. The molecule has 0 radical (unpaired) electrons. The lowest BCUT2D eigenvalue weighted by molar-refractivity contribution is 0.102. The zero-order valence-electron chi connectivity index (χ0n) is 16.1. The number of aryl methyl sites for hydroxylation is 1. The molecule has 4 aromatic rings. The predicted octanol–water partition coefficient (Wildman–Crippen LogP) is 4.33. The van der Waals surface area contributed by atoms with Gasteiger partial charge in [0.05, 0.1) is 11.3 Å². The van der Waals surface area contributed by atoms with E-state index in [2.05, 4.69) is 30.4 Å². The molecule has 1 aromatic carbocycles. The van der Waals surface area contributed by atoms with E-state index in [1.807, 2.05) is 39.0 Å². The molecule has 3 aromatic heterocycles. The van der Waals surface area contributed by atoms with E-state index in [4.69, 9.17) is 4.52 Å². The summed E-state index contributed by atoms with van der Waals surface area (Å²) in [5.74, 6) is 1.28. The van der Waals surface area contributed by atoms with Crippen LogP contribution in [0.2, 0.25) is 0 Å². The Hall–Kier alpha value is -3.46. The summed E-state index contributed by atoms with van der Waals surface area (Å²) in [6.45, 7) is 5.89. The average molecular weight is 406 g/mol. The van der Waals surface area contributed by atoms with Crippen LogP contribution < -0.4 is 5.32 Å². The van der Waals surface area contributed by atoms with Gasteiger partial charge in [0, 0.05) is 23.7 Å². The van der Waals surface area contributed by atoms with Crippen molar-refractivity contribution in [2.24, 2.45) is 0 Å². The summed E-state index contributed by atoms with van der Waals surface area (Å²) in [4.78, 5) is 30.0. The van der Waals surface area contributed by atoms with Crippen LogP contribution >= 0.6 is 11.3 Å². The first kappa shape index (κ1) is 18.9. The number of anilines is 1. The van der Waals surface area contributed by atoms with E-state index in [9.17, 15) is 4.79 Å². The lowest BCUT2D eigenvalue weighted by atomic mass is 10.1. The summed E-state index contributed by atoms with van der Waals surface area (Å²) in [7, 11) is 0. The molecule has 1 N–H and O–H groups in total. The lowest BCUT2D eigenvalue weighted by Crippen LogP contribution is -2.14. The molecule has 0 saturated carbocycles. The highest BCUT2D eigenvalue weighted by molar-refractivity contribution is 7.13. The van der Waals surface area contributed by atoms with Crippen LogP contribution in [-0.2, 0) is 0 Å². The fourth-order valence-electron chi connectivity index (χ4n) is 2.66. The number of aromatic nitrogens is 5. The molecular weight excluding hydrogens is 388 g/mol. The van der Waals surface area contributed by atoms with Crippen molar-refractivity contribution < 1.29 is 9.32 Å². The van der Waals surface area contributed by atoms with Gasteiger partial charge in [0.25, 0.3) is 11.8 Å². The molecular formula is C20H18N6O2S. The Labute approximate surface area is 171 Å². The third-order valence-electron chi connectivity index (χ3n) is 4.19. The molecule has 0 saturated heterocycles. The molecule has 0 atom stereocenters. The van der Waals surface area contributed by atoms with Crippen LogP contribution in [0.3, 0.4) is 0 Å². The Morgan fingerprint density at radius 2 is 1.93 bits per heavy atom. The molecule has 0 aliphatic rings. The predicted molar refractivity (Wildman–Crippen MR) is 110 cm³/mol. The van der Waals surface area contributed by atoms with Gasteiger partial charge in [0.2, 0.25) is 0 Å². The van der Waals surface area contributed by atoms with E-state index in [1.165, 1.54) is 11.3 Å². The van der Waals surface area contributed by atoms with Crippen LogP contribution in [0, 0.1) is 6.92 Å². The Bertz CT molecular complexity index is 1150. The van der Waals surface area contributed by atoms with Crippen LogP contribution in [-0.4, -0.2) is 31.0 Å². The first-order valence-corrected chi connectivity index (χ1v) is 9.88. The minimum Gasteiger partial charge on any atom is -0.334 e. The van der Waals surface area contributed by atoms with Gasteiger partial charge < -0.3 is 9.84 Å². The third kappa shape index (κ3) is 3.90. The van der Waals surface area contributed by atoms with Crippen molar-refractivity contribution in [2.75, 3.05) is 5.32 Å². The van der Waals surface area contributed by atoms with E-state index < -0.39 is 0 Å². The fraction of sp³-hybridized carbons (Fsp3) is 0.200. The summed E-state index contributed by atoms with van der Waals surface area (Å²) in [6.07, 6.45) is 3.28. The summed E-state index contributed by atoms with van der Waals surface area (Å²) >= 11 is 1.32. The number of hydrogen-bond donors (Lipinski definition) is 1. The second kappa shape index (κ2) is 7.88. The van der Waals surface area contributed by atoms with Crippen LogP contribution in [0.5, 0.6) is 0 Å². The fourth-order valence-corrected chi connectivity index (χ4v) is 3.40. The summed E-state index contributed by atoms with van der Waals surface area (Å²) < 4.78 is 5.41. The highest BCUT2D eigenvalue weighted by Crippen LogP contribution is 2.31. The van der Waals surface area contributed by atoms with Crippen LogP contribution in [0.15, 0.2) is 46.6 Å². The van der Waals surface area contributed by atoms with Gasteiger partial charge in [0.1, 0.15) is 5.69 Å². The van der Waals surface area contributed by atoms with Crippen molar-refractivity contribution in [3.8, 4) is 22.3 Å². The highest BCUT2D eigenvalue weighted by Gasteiger charge is 2.20. The number of carbonyl (C=O) groups is 1. The molecule has 0 aliphatic carbocycles. The second-order valence-electron chi connectivity index (χ2n) is 6.67. The average Bonchev–Trinajstić information content (AvgIpc) is 3.40. The number of nitrogens with zero attached hydrogens (tertiary/aromatic N) is 5. The van der Waals surface area contributed by atoms with E-state index in [0.29, 0.717) is 39.5 Å². The van der Waals surface area contributed by atoms with Gasteiger partial charge in [-0.1, -0.05) is 31.1 Å². The number of rotatable bonds is 5. The molecule has 146 valence electrons. The van der Waals surface area contributed by atoms with Crippen molar-refractivity contribution in [1.82, 2.24) is 25.1 Å². The number of thiazole rings is 1. The molecule has 29 heavy (non-hydrogen) atoms. The number of amides is 1. The van der Waals surface area contributed by atoms with Gasteiger partial charge in [0.15, 0.2) is 16.7 Å². The van der Waals surface area contributed by atoms with Crippen molar-refractivity contribution in [3.05, 3.63) is 59.1 Å². The molecule has 9 heteroatoms. The number of carbonyl (C=O) groups excluding carboxylic acids is 1. The Morgan fingerprint density at radius 3 is 2.66 bits per heavy atom. The van der Waals surface area contributed by atoms with Crippen molar-refractivity contribution >= 4 is 22.9 Å². The molecule has 4 rings (SSSR count). The highest BCUT2D eigenvalue weighted by atomic mass is 32.1. The molecule has 0 spiro atoms. The normalized spacial score (nSPS) is 11.0. The molecule has 0 aliphatic heterocycles. The minimum atomic E-state index is -0.331. The van der Waals surface area contributed by atoms with E-state index in [1.54, 1.807) is 23.8 Å². The largest absolute Gasteiger partial charge is 0.334 e. The maximum absolute atomic E-state index is 12.8. The Morgan fingerprint density at radius 1 is 1.14 bits per heavy atom. The second-order valence-corrected chi connectivity index (χ2v) is 7.53. The quantitative estimate of drug-likeness (QED) is 0.525. The van der Waals surface area contributed by atoms with E-state index in [-0.39, 0.29) is 11.8 Å². The molecule has 1 amide bonds. The van der Waals surface area contributed by atoms with Crippen molar-refractivity contribution in [2.45, 2.75) is 26.7 Å². The molecule has 0 fully saturated rings. The third-order valence-corrected chi connectivity index (χ3v) is 5.03. The molecule has 0 bridgehead atoms. The van der Waals surface area contributed by atoms with E-state index in [0.717, 1.165) is 5.56 Å². The maximum Gasteiger partial charge on any atom is 0.275 e. The summed E-state index contributed by atoms with van der Waals surface area (Å²) in [6, 6.07) is 7.35. The molecule has 8 nitrogen and oxygen atoms in total. The number of para-hydroxylation sites is 1. The maximum atomic E-state index is 12.8. The zero-order chi connectivity index (χ0) is 20.4.